The Labute approximate surface area is 154 Å². The van der Waals surface area contributed by atoms with Crippen molar-refractivity contribution in [1.82, 2.24) is 20.2 Å². The van der Waals surface area contributed by atoms with Gasteiger partial charge in [-0.05, 0) is 24.3 Å². The quantitative estimate of drug-likeness (QED) is 0.616. The van der Waals surface area contributed by atoms with E-state index in [1.165, 1.54) is 11.8 Å². The number of hydrogen-bond donors (Lipinski definition) is 2. The Bertz CT molecular complexity index is 885. The number of ether oxygens (including phenoxy) is 2. The van der Waals surface area contributed by atoms with Crippen LogP contribution in [-0.4, -0.2) is 46.0 Å². The molecule has 134 valence electrons. The van der Waals surface area contributed by atoms with Crippen molar-refractivity contribution in [2.75, 3.05) is 25.3 Å². The highest BCUT2D eigenvalue weighted by Gasteiger charge is 2.12. The lowest BCUT2D eigenvalue weighted by molar-refractivity contribution is -0.113. The van der Waals surface area contributed by atoms with Crippen LogP contribution < -0.4 is 14.8 Å². The van der Waals surface area contributed by atoms with Crippen molar-refractivity contribution in [2.45, 2.75) is 5.16 Å². The van der Waals surface area contributed by atoms with Crippen molar-refractivity contribution in [2.24, 2.45) is 0 Å². The second kappa shape index (κ2) is 8.34. The summed E-state index contributed by atoms with van der Waals surface area (Å²) >= 11 is 1.23. The molecule has 1 aromatic carbocycles. The summed E-state index contributed by atoms with van der Waals surface area (Å²) in [5, 5.41) is 10.3. The van der Waals surface area contributed by atoms with Gasteiger partial charge in [0.25, 0.3) is 0 Å². The lowest BCUT2D eigenvalue weighted by Crippen LogP contribution is -2.15. The van der Waals surface area contributed by atoms with Gasteiger partial charge in [0.2, 0.25) is 11.1 Å². The minimum atomic E-state index is -0.197. The third kappa shape index (κ3) is 4.31. The molecular formula is C17H17N5O3S. The van der Waals surface area contributed by atoms with Gasteiger partial charge >= 0.3 is 0 Å². The minimum Gasteiger partial charge on any atom is -0.497 e. The third-order valence-electron chi connectivity index (χ3n) is 3.43. The molecule has 2 aromatic heterocycles. The number of methoxy groups -OCH3 is 2. The Hall–Kier alpha value is -3.07. The fourth-order valence-electron chi connectivity index (χ4n) is 2.18. The molecule has 0 spiro atoms. The van der Waals surface area contributed by atoms with Crippen LogP contribution in [0.15, 0.2) is 47.9 Å². The summed E-state index contributed by atoms with van der Waals surface area (Å²) in [7, 11) is 3.10. The maximum atomic E-state index is 12.2. The fraction of sp³-hybridized carbons (Fsp3) is 0.176. The van der Waals surface area contributed by atoms with E-state index in [9.17, 15) is 4.79 Å². The number of aromatic nitrogens is 4. The molecule has 2 N–H and O–H groups in total. The largest absolute Gasteiger partial charge is 0.497 e. The molecule has 0 saturated heterocycles. The SMILES string of the molecule is COc1ccc(OC)c(NC(=O)CSc2n[nH]c(-c3ccncc3)n2)c1. The fourth-order valence-corrected chi connectivity index (χ4v) is 2.78. The van der Waals surface area contributed by atoms with E-state index in [0.29, 0.717) is 28.2 Å². The molecular weight excluding hydrogens is 354 g/mol. The molecule has 0 fully saturated rings. The van der Waals surface area contributed by atoms with Crippen LogP contribution in [0.2, 0.25) is 0 Å². The first-order chi connectivity index (χ1) is 12.7. The van der Waals surface area contributed by atoms with E-state index in [1.807, 2.05) is 12.1 Å². The van der Waals surface area contributed by atoms with E-state index < -0.39 is 0 Å². The Kier molecular flexibility index (Phi) is 5.69. The van der Waals surface area contributed by atoms with E-state index in [0.717, 1.165) is 5.56 Å². The smallest absolute Gasteiger partial charge is 0.234 e. The second-order valence-electron chi connectivity index (χ2n) is 5.11. The number of hydrogen-bond acceptors (Lipinski definition) is 7. The maximum absolute atomic E-state index is 12.2. The summed E-state index contributed by atoms with van der Waals surface area (Å²) in [5.74, 6) is 1.78. The monoisotopic (exact) mass is 371 g/mol. The summed E-state index contributed by atoms with van der Waals surface area (Å²) in [6, 6.07) is 8.86. The van der Waals surface area contributed by atoms with Crippen molar-refractivity contribution < 1.29 is 14.3 Å². The molecule has 9 heteroatoms. The molecule has 0 atom stereocenters. The molecule has 0 unspecified atom stereocenters. The Morgan fingerprint density at radius 3 is 2.73 bits per heavy atom. The van der Waals surface area contributed by atoms with Gasteiger partial charge in [-0.1, -0.05) is 11.8 Å². The molecule has 3 rings (SSSR count). The number of nitrogens with one attached hydrogen (secondary N) is 2. The van der Waals surface area contributed by atoms with Crippen LogP contribution in [0.3, 0.4) is 0 Å². The number of carbonyl (C=O) groups is 1. The van der Waals surface area contributed by atoms with E-state index in [4.69, 9.17) is 9.47 Å². The first-order valence-electron chi connectivity index (χ1n) is 7.67. The van der Waals surface area contributed by atoms with Gasteiger partial charge in [0.1, 0.15) is 11.5 Å². The van der Waals surface area contributed by atoms with E-state index in [-0.39, 0.29) is 11.7 Å². The molecule has 0 aliphatic heterocycles. The van der Waals surface area contributed by atoms with Gasteiger partial charge in [0, 0.05) is 24.0 Å². The number of pyridine rings is 1. The number of aromatic amines is 1. The number of rotatable bonds is 7. The number of anilines is 1. The summed E-state index contributed by atoms with van der Waals surface area (Å²) in [6.45, 7) is 0. The highest BCUT2D eigenvalue weighted by molar-refractivity contribution is 7.99. The van der Waals surface area contributed by atoms with Crippen LogP contribution in [0.1, 0.15) is 0 Å². The Morgan fingerprint density at radius 2 is 2.00 bits per heavy atom. The highest BCUT2D eigenvalue weighted by Crippen LogP contribution is 2.29. The van der Waals surface area contributed by atoms with E-state index in [1.54, 1.807) is 44.8 Å². The molecule has 0 bridgehead atoms. The van der Waals surface area contributed by atoms with Crippen molar-refractivity contribution in [3.8, 4) is 22.9 Å². The second-order valence-corrected chi connectivity index (χ2v) is 6.05. The number of H-pyrrole nitrogens is 1. The zero-order valence-corrected chi connectivity index (χ0v) is 15.0. The van der Waals surface area contributed by atoms with Crippen LogP contribution in [0.25, 0.3) is 11.4 Å². The highest BCUT2D eigenvalue weighted by atomic mass is 32.2. The average Bonchev–Trinajstić information content (AvgIpc) is 3.16. The lowest BCUT2D eigenvalue weighted by Gasteiger charge is -2.11. The van der Waals surface area contributed by atoms with Crippen molar-refractivity contribution in [1.29, 1.82) is 0 Å². The third-order valence-corrected chi connectivity index (χ3v) is 4.28. The van der Waals surface area contributed by atoms with E-state index >= 15 is 0 Å². The Morgan fingerprint density at radius 1 is 1.19 bits per heavy atom. The van der Waals surface area contributed by atoms with Crippen LogP contribution in [0.4, 0.5) is 5.69 Å². The van der Waals surface area contributed by atoms with Gasteiger partial charge in [-0.25, -0.2) is 4.98 Å². The summed E-state index contributed by atoms with van der Waals surface area (Å²) in [6.07, 6.45) is 3.36. The van der Waals surface area contributed by atoms with Gasteiger partial charge in [0.05, 0.1) is 25.7 Å². The number of carbonyl (C=O) groups excluding carboxylic acids is 1. The van der Waals surface area contributed by atoms with Crippen LogP contribution in [0, 0.1) is 0 Å². The van der Waals surface area contributed by atoms with Crippen molar-refractivity contribution in [3.05, 3.63) is 42.7 Å². The first kappa shape index (κ1) is 17.7. The molecule has 0 aliphatic carbocycles. The zero-order valence-electron chi connectivity index (χ0n) is 14.2. The van der Waals surface area contributed by atoms with Crippen LogP contribution >= 0.6 is 11.8 Å². The van der Waals surface area contributed by atoms with Crippen molar-refractivity contribution in [3.63, 3.8) is 0 Å². The maximum Gasteiger partial charge on any atom is 0.234 e. The van der Waals surface area contributed by atoms with E-state index in [2.05, 4.69) is 25.5 Å². The lowest BCUT2D eigenvalue weighted by atomic mass is 10.2. The molecule has 3 aromatic rings. The normalized spacial score (nSPS) is 10.4. The molecule has 2 heterocycles. The predicted octanol–water partition coefficient (Wildman–Crippen LogP) is 2.61. The summed E-state index contributed by atoms with van der Waals surface area (Å²) in [4.78, 5) is 20.6. The number of amides is 1. The van der Waals surface area contributed by atoms with Crippen LogP contribution in [0.5, 0.6) is 11.5 Å². The van der Waals surface area contributed by atoms with Gasteiger partial charge < -0.3 is 14.8 Å². The van der Waals surface area contributed by atoms with Gasteiger partial charge in [-0.2, -0.15) is 0 Å². The average molecular weight is 371 g/mol. The topological polar surface area (TPSA) is 102 Å². The van der Waals surface area contributed by atoms with Crippen LogP contribution in [-0.2, 0) is 4.79 Å². The van der Waals surface area contributed by atoms with Gasteiger partial charge in [0.15, 0.2) is 5.82 Å². The zero-order chi connectivity index (χ0) is 18.4. The standard InChI is InChI=1S/C17H17N5O3S/c1-24-12-3-4-14(25-2)13(9-12)19-15(23)10-26-17-20-16(21-22-17)11-5-7-18-8-6-11/h3-9H,10H2,1-2H3,(H,19,23)(H,20,21,22). The predicted molar refractivity (Wildman–Crippen MR) is 98.5 cm³/mol. The van der Waals surface area contributed by atoms with Gasteiger partial charge in [-0.15, -0.1) is 5.10 Å². The summed E-state index contributed by atoms with van der Waals surface area (Å²) < 4.78 is 10.4. The minimum absolute atomic E-state index is 0.161. The molecule has 26 heavy (non-hydrogen) atoms. The molecule has 0 saturated carbocycles. The number of thioether (sulfide) groups is 1. The summed E-state index contributed by atoms with van der Waals surface area (Å²) in [5.41, 5.74) is 1.43. The van der Waals surface area contributed by atoms with Crippen molar-refractivity contribution >= 4 is 23.4 Å². The molecule has 1 amide bonds. The van der Waals surface area contributed by atoms with Gasteiger partial charge in [-0.3, -0.25) is 14.9 Å². The molecule has 0 radical (unpaired) electrons. The molecule has 0 aliphatic rings. The Balaban J connectivity index is 1.61. The molecule has 8 nitrogen and oxygen atoms in total. The number of benzene rings is 1. The first-order valence-corrected chi connectivity index (χ1v) is 8.65. The number of nitrogens with zero attached hydrogens (tertiary/aromatic N) is 3.